The Labute approximate surface area is 167 Å². The third-order valence-corrected chi connectivity index (χ3v) is 6.35. The van der Waals surface area contributed by atoms with Gasteiger partial charge in [0, 0.05) is 32.0 Å². The number of amides is 1. The van der Waals surface area contributed by atoms with Gasteiger partial charge in [0.25, 0.3) is 0 Å². The predicted molar refractivity (Wildman–Crippen MR) is 106 cm³/mol. The summed E-state index contributed by atoms with van der Waals surface area (Å²) in [6, 6.07) is 0.0796. The van der Waals surface area contributed by atoms with Crippen LogP contribution in [0.4, 0.5) is 0 Å². The first-order chi connectivity index (χ1) is 11.7. The molecule has 2 aliphatic carbocycles. The number of halogens is 2. The van der Waals surface area contributed by atoms with Gasteiger partial charge in [-0.2, -0.15) is 0 Å². The van der Waals surface area contributed by atoms with Gasteiger partial charge in [0.05, 0.1) is 5.92 Å². The number of rotatable bonds is 5. The van der Waals surface area contributed by atoms with E-state index in [-0.39, 0.29) is 42.7 Å². The Balaban J connectivity index is 0.00000121. The lowest BCUT2D eigenvalue weighted by atomic mass is 9.84. The van der Waals surface area contributed by atoms with Crippen molar-refractivity contribution in [3.05, 3.63) is 11.6 Å². The van der Waals surface area contributed by atoms with Gasteiger partial charge in [0.1, 0.15) is 11.6 Å². The van der Waals surface area contributed by atoms with Crippen LogP contribution in [0.25, 0.3) is 0 Å². The van der Waals surface area contributed by atoms with Gasteiger partial charge < -0.3 is 15.6 Å². The van der Waals surface area contributed by atoms with Crippen molar-refractivity contribution in [2.24, 2.45) is 23.5 Å². The van der Waals surface area contributed by atoms with E-state index in [2.05, 4.69) is 20.1 Å². The molecule has 4 atom stereocenters. The maximum atomic E-state index is 12.5. The number of carbonyl (C=O) groups is 1. The van der Waals surface area contributed by atoms with Gasteiger partial charge >= 0.3 is 0 Å². The average Bonchev–Trinajstić information content (AvgIpc) is 3.22. The minimum Gasteiger partial charge on any atom is -0.356 e. The van der Waals surface area contributed by atoms with E-state index in [1.165, 1.54) is 32.1 Å². The van der Waals surface area contributed by atoms with Crippen LogP contribution in [0.2, 0.25) is 0 Å². The number of hydrogen-bond donors (Lipinski definition) is 2. The van der Waals surface area contributed by atoms with Gasteiger partial charge in [-0.15, -0.1) is 35.0 Å². The lowest BCUT2D eigenvalue weighted by Crippen LogP contribution is -2.45. The molecule has 1 amide bonds. The summed E-state index contributed by atoms with van der Waals surface area (Å²) >= 11 is 0. The van der Waals surface area contributed by atoms with E-state index >= 15 is 0 Å². The fraction of sp³-hybridized carbons (Fsp3) is 0.833. The average molecular weight is 404 g/mol. The van der Waals surface area contributed by atoms with Crippen LogP contribution in [0, 0.1) is 17.8 Å². The van der Waals surface area contributed by atoms with Gasteiger partial charge in [0.2, 0.25) is 5.91 Å². The van der Waals surface area contributed by atoms with E-state index in [4.69, 9.17) is 5.73 Å². The molecule has 6 nitrogen and oxygen atoms in total. The van der Waals surface area contributed by atoms with Crippen LogP contribution in [0.15, 0.2) is 0 Å². The van der Waals surface area contributed by atoms with Crippen LogP contribution >= 0.6 is 24.8 Å². The lowest BCUT2D eigenvalue weighted by molar-refractivity contribution is -0.127. The lowest BCUT2D eigenvalue weighted by Gasteiger charge is -2.27. The molecule has 4 rings (SSSR count). The summed E-state index contributed by atoms with van der Waals surface area (Å²) in [5.74, 6) is 3.55. The van der Waals surface area contributed by atoms with E-state index in [9.17, 15) is 4.79 Å². The minimum atomic E-state index is 0. The second-order valence-electron chi connectivity index (χ2n) is 7.83. The SMILES string of the molecule is Cl.Cl.NC1C2CCC(C2)C1C(=O)NCCCc1nnc2n1CCCCC2. The van der Waals surface area contributed by atoms with E-state index in [0.29, 0.717) is 18.4 Å². The first-order valence-electron chi connectivity index (χ1n) is 9.68. The van der Waals surface area contributed by atoms with Crippen LogP contribution in [0.5, 0.6) is 0 Å². The van der Waals surface area contributed by atoms with Gasteiger partial charge in [-0.3, -0.25) is 4.79 Å². The van der Waals surface area contributed by atoms with Crippen molar-refractivity contribution in [2.75, 3.05) is 6.54 Å². The Kier molecular flexibility index (Phi) is 7.74. The first-order valence-corrected chi connectivity index (χ1v) is 9.68. The van der Waals surface area contributed by atoms with Crippen molar-refractivity contribution in [3.8, 4) is 0 Å². The highest BCUT2D eigenvalue weighted by molar-refractivity contribution is 5.85. The number of nitrogens with two attached hydrogens (primary N) is 1. The summed E-state index contributed by atoms with van der Waals surface area (Å²) in [7, 11) is 0. The van der Waals surface area contributed by atoms with E-state index in [1.54, 1.807) is 0 Å². The maximum Gasteiger partial charge on any atom is 0.224 e. The monoisotopic (exact) mass is 403 g/mol. The molecule has 1 aromatic heterocycles. The number of hydrogen-bond acceptors (Lipinski definition) is 4. The van der Waals surface area contributed by atoms with Gasteiger partial charge in [0.15, 0.2) is 0 Å². The zero-order valence-corrected chi connectivity index (χ0v) is 16.9. The third-order valence-electron chi connectivity index (χ3n) is 6.35. The molecule has 0 saturated heterocycles. The highest BCUT2D eigenvalue weighted by Crippen LogP contribution is 2.47. The fourth-order valence-electron chi connectivity index (χ4n) is 5.03. The molecule has 0 aromatic carbocycles. The molecule has 0 spiro atoms. The standard InChI is InChI=1S/C18H29N5O.2ClH/c19-17-13-8-7-12(11-13)16(17)18(24)20-9-4-6-15-22-21-14-5-2-1-3-10-23(14)15;;/h12-13,16-17H,1-11,19H2,(H,20,24);2*1H. The van der Waals surface area contributed by atoms with Gasteiger partial charge in [-0.05, 0) is 50.4 Å². The van der Waals surface area contributed by atoms with Gasteiger partial charge in [-0.25, -0.2) is 0 Å². The van der Waals surface area contributed by atoms with Crippen LogP contribution in [0.3, 0.4) is 0 Å². The molecule has 26 heavy (non-hydrogen) atoms. The Bertz CT molecular complexity index is 606. The molecular formula is C18H31Cl2N5O. The van der Waals surface area contributed by atoms with E-state index in [1.807, 2.05) is 0 Å². The zero-order valence-electron chi connectivity index (χ0n) is 15.2. The Morgan fingerprint density at radius 3 is 2.73 bits per heavy atom. The zero-order chi connectivity index (χ0) is 16.5. The van der Waals surface area contributed by atoms with Crippen LogP contribution in [-0.2, 0) is 24.2 Å². The summed E-state index contributed by atoms with van der Waals surface area (Å²) in [5.41, 5.74) is 6.26. The largest absolute Gasteiger partial charge is 0.356 e. The van der Waals surface area contributed by atoms with Crippen LogP contribution in [-0.4, -0.2) is 33.3 Å². The highest BCUT2D eigenvalue weighted by Gasteiger charge is 2.48. The van der Waals surface area contributed by atoms with Crippen LogP contribution in [0.1, 0.15) is 56.6 Å². The summed E-state index contributed by atoms with van der Waals surface area (Å²) < 4.78 is 2.29. The number of aromatic nitrogens is 3. The molecule has 3 N–H and O–H groups in total. The molecule has 8 heteroatoms. The van der Waals surface area contributed by atoms with Crippen molar-refractivity contribution < 1.29 is 4.79 Å². The van der Waals surface area contributed by atoms with Crippen molar-refractivity contribution >= 4 is 30.7 Å². The van der Waals surface area contributed by atoms with E-state index < -0.39 is 0 Å². The summed E-state index contributed by atoms with van der Waals surface area (Å²) in [6.07, 6.45) is 10.1. The number of nitrogens with zero attached hydrogens (tertiary/aromatic N) is 3. The van der Waals surface area contributed by atoms with Crippen molar-refractivity contribution in [3.63, 3.8) is 0 Å². The number of nitrogens with one attached hydrogen (secondary N) is 1. The molecule has 148 valence electrons. The van der Waals surface area contributed by atoms with Gasteiger partial charge in [-0.1, -0.05) is 6.42 Å². The summed E-state index contributed by atoms with van der Waals surface area (Å²) in [4.78, 5) is 12.5. The smallest absolute Gasteiger partial charge is 0.224 e. The van der Waals surface area contributed by atoms with Crippen molar-refractivity contribution in [1.82, 2.24) is 20.1 Å². The molecule has 1 aliphatic heterocycles. The highest BCUT2D eigenvalue weighted by atomic mass is 35.5. The second-order valence-corrected chi connectivity index (χ2v) is 7.83. The summed E-state index contributed by atoms with van der Waals surface area (Å²) in [6.45, 7) is 1.76. The molecule has 2 saturated carbocycles. The molecule has 2 fully saturated rings. The minimum absolute atomic E-state index is 0. The third kappa shape index (κ3) is 4.18. The molecule has 2 bridgehead atoms. The van der Waals surface area contributed by atoms with E-state index in [0.717, 1.165) is 43.9 Å². The summed E-state index contributed by atoms with van der Waals surface area (Å²) in [5, 5.41) is 11.8. The van der Waals surface area contributed by atoms with Crippen molar-refractivity contribution in [1.29, 1.82) is 0 Å². The molecule has 2 heterocycles. The Morgan fingerprint density at radius 2 is 1.96 bits per heavy atom. The molecular weight excluding hydrogens is 373 g/mol. The Hall–Kier alpha value is -0.850. The number of fused-ring (bicyclic) bond motifs is 3. The van der Waals surface area contributed by atoms with Crippen molar-refractivity contribution in [2.45, 2.75) is 70.4 Å². The first kappa shape index (κ1) is 21.5. The van der Waals surface area contributed by atoms with Crippen LogP contribution < -0.4 is 11.1 Å². The second kappa shape index (κ2) is 9.38. The Morgan fingerprint density at radius 1 is 1.15 bits per heavy atom. The normalized spacial score (nSPS) is 29.3. The quantitative estimate of drug-likeness (QED) is 0.738. The topological polar surface area (TPSA) is 85.8 Å². The number of aryl methyl sites for hydroxylation is 2. The fourth-order valence-corrected chi connectivity index (χ4v) is 5.03. The molecule has 3 aliphatic rings. The molecule has 4 unspecified atom stereocenters. The molecule has 1 aromatic rings. The molecule has 0 radical (unpaired) electrons. The predicted octanol–water partition coefficient (Wildman–Crippen LogP) is 2.27. The maximum absolute atomic E-state index is 12.5. The number of carbonyl (C=O) groups excluding carboxylic acids is 1.